The second-order valence-corrected chi connectivity index (χ2v) is 5.40. The number of carboxylic acids is 1. The van der Waals surface area contributed by atoms with Gasteiger partial charge in [0.15, 0.2) is 6.10 Å². The Kier molecular flexibility index (Phi) is 4.96. The molecule has 122 valence electrons. The molecule has 1 unspecified atom stereocenters. The summed E-state index contributed by atoms with van der Waals surface area (Å²) in [6, 6.07) is 22.7. The number of hydrogen-bond donors (Lipinski definition) is 1. The van der Waals surface area contributed by atoms with Gasteiger partial charge >= 0.3 is 5.97 Å². The highest BCUT2D eigenvalue weighted by atomic mass is 16.5. The molecule has 0 spiro atoms. The van der Waals surface area contributed by atoms with Crippen molar-refractivity contribution in [1.82, 2.24) is 0 Å². The van der Waals surface area contributed by atoms with E-state index in [1.165, 1.54) is 0 Å². The predicted octanol–water partition coefficient (Wildman–Crippen LogP) is 4.14. The molecule has 0 amide bonds. The molecule has 4 nitrogen and oxygen atoms in total. The summed E-state index contributed by atoms with van der Waals surface area (Å²) in [5, 5.41) is 11.5. The summed E-state index contributed by atoms with van der Waals surface area (Å²) in [7, 11) is 0. The molecule has 0 bridgehead atoms. The minimum Gasteiger partial charge on any atom is -0.493 e. The Bertz CT molecular complexity index is 814. The van der Waals surface area contributed by atoms with Crippen molar-refractivity contribution in [3.8, 4) is 11.5 Å². The summed E-state index contributed by atoms with van der Waals surface area (Å²) in [6.07, 6.45) is -0.688. The molecule has 0 aliphatic heterocycles. The van der Waals surface area contributed by atoms with E-state index in [0.717, 1.165) is 10.8 Å². The SMILES string of the molecule is O=C(O)C(CCOc1ccccc1)Oc1ccc2ccccc2c1. The average Bonchev–Trinajstić information content (AvgIpc) is 2.61. The predicted molar refractivity (Wildman–Crippen MR) is 92.6 cm³/mol. The number of carbonyl (C=O) groups is 1. The van der Waals surface area contributed by atoms with E-state index >= 15 is 0 Å². The van der Waals surface area contributed by atoms with Crippen LogP contribution < -0.4 is 9.47 Å². The van der Waals surface area contributed by atoms with Gasteiger partial charge in [0.2, 0.25) is 0 Å². The van der Waals surface area contributed by atoms with E-state index < -0.39 is 12.1 Å². The molecule has 0 saturated carbocycles. The Morgan fingerprint density at radius 2 is 1.58 bits per heavy atom. The van der Waals surface area contributed by atoms with Crippen molar-refractivity contribution in [3.63, 3.8) is 0 Å². The van der Waals surface area contributed by atoms with Crippen LogP contribution in [-0.2, 0) is 4.79 Å². The van der Waals surface area contributed by atoms with E-state index in [1.54, 1.807) is 6.07 Å². The molecule has 4 heteroatoms. The van der Waals surface area contributed by atoms with Crippen molar-refractivity contribution in [2.24, 2.45) is 0 Å². The van der Waals surface area contributed by atoms with E-state index in [-0.39, 0.29) is 13.0 Å². The van der Waals surface area contributed by atoms with Crippen LogP contribution in [0.5, 0.6) is 11.5 Å². The zero-order valence-corrected chi connectivity index (χ0v) is 13.1. The molecule has 0 aliphatic carbocycles. The third kappa shape index (κ3) is 4.04. The van der Waals surface area contributed by atoms with Crippen molar-refractivity contribution in [2.45, 2.75) is 12.5 Å². The number of para-hydroxylation sites is 1. The summed E-state index contributed by atoms with van der Waals surface area (Å²) >= 11 is 0. The largest absolute Gasteiger partial charge is 0.493 e. The Hall–Kier alpha value is -3.01. The lowest BCUT2D eigenvalue weighted by Gasteiger charge is -2.16. The Morgan fingerprint density at radius 1 is 0.875 bits per heavy atom. The molecule has 0 aromatic heterocycles. The zero-order valence-electron chi connectivity index (χ0n) is 13.1. The van der Waals surface area contributed by atoms with Crippen LogP contribution in [0.1, 0.15) is 6.42 Å². The van der Waals surface area contributed by atoms with Gasteiger partial charge < -0.3 is 14.6 Å². The van der Waals surface area contributed by atoms with Gasteiger partial charge in [0.1, 0.15) is 11.5 Å². The second-order valence-electron chi connectivity index (χ2n) is 5.40. The average molecular weight is 322 g/mol. The maximum absolute atomic E-state index is 11.4. The fraction of sp³-hybridized carbons (Fsp3) is 0.150. The highest BCUT2D eigenvalue weighted by Crippen LogP contribution is 2.22. The molecule has 3 aromatic rings. The number of benzene rings is 3. The van der Waals surface area contributed by atoms with Gasteiger partial charge in [-0.1, -0.05) is 48.5 Å². The molecular weight excluding hydrogens is 304 g/mol. The van der Waals surface area contributed by atoms with E-state index in [4.69, 9.17) is 9.47 Å². The normalized spacial score (nSPS) is 11.8. The standard InChI is InChI=1S/C20H18O4/c21-20(22)19(12-13-23-17-8-2-1-3-9-17)24-18-11-10-15-6-4-5-7-16(15)14-18/h1-11,14,19H,12-13H2,(H,21,22). The number of hydrogen-bond acceptors (Lipinski definition) is 3. The van der Waals surface area contributed by atoms with Gasteiger partial charge in [-0.05, 0) is 35.0 Å². The molecule has 0 aliphatic rings. The maximum atomic E-state index is 11.4. The van der Waals surface area contributed by atoms with Crippen LogP contribution in [0, 0.1) is 0 Å². The van der Waals surface area contributed by atoms with E-state index in [1.807, 2.05) is 66.7 Å². The number of carboxylic acid groups (broad SMARTS) is 1. The molecule has 0 fully saturated rings. The van der Waals surface area contributed by atoms with Crippen LogP contribution in [0.4, 0.5) is 0 Å². The smallest absolute Gasteiger partial charge is 0.345 e. The first kappa shape index (κ1) is 15.9. The van der Waals surface area contributed by atoms with Gasteiger partial charge in [-0.25, -0.2) is 4.79 Å². The van der Waals surface area contributed by atoms with Crippen LogP contribution in [-0.4, -0.2) is 23.8 Å². The van der Waals surface area contributed by atoms with Crippen molar-refractivity contribution >= 4 is 16.7 Å². The summed E-state index contributed by atoms with van der Waals surface area (Å²) < 4.78 is 11.2. The molecule has 3 aromatic carbocycles. The molecule has 0 radical (unpaired) electrons. The fourth-order valence-electron chi connectivity index (χ4n) is 2.44. The third-order valence-corrected chi connectivity index (χ3v) is 3.67. The molecule has 24 heavy (non-hydrogen) atoms. The lowest BCUT2D eigenvalue weighted by atomic mass is 10.1. The fourth-order valence-corrected chi connectivity index (χ4v) is 2.44. The van der Waals surface area contributed by atoms with Crippen LogP contribution >= 0.6 is 0 Å². The molecule has 1 atom stereocenters. The number of ether oxygens (including phenoxy) is 2. The van der Waals surface area contributed by atoms with Gasteiger partial charge in [-0.15, -0.1) is 0 Å². The minimum atomic E-state index is -1.00. The van der Waals surface area contributed by atoms with Gasteiger partial charge in [0, 0.05) is 6.42 Å². The van der Waals surface area contributed by atoms with Crippen molar-refractivity contribution < 1.29 is 19.4 Å². The molecule has 1 N–H and O–H groups in total. The number of rotatable bonds is 7. The summed E-state index contributed by atoms with van der Waals surface area (Å²) in [5.74, 6) is 0.257. The first-order chi connectivity index (χ1) is 11.7. The summed E-state index contributed by atoms with van der Waals surface area (Å²) in [4.78, 5) is 11.4. The van der Waals surface area contributed by atoms with E-state index in [9.17, 15) is 9.90 Å². The quantitative estimate of drug-likeness (QED) is 0.710. The highest BCUT2D eigenvalue weighted by molar-refractivity contribution is 5.83. The lowest BCUT2D eigenvalue weighted by Crippen LogP contribution is -2.29. The van der Waals surface area contributed by atoms with Crippen LogP contribution in [0.3, 0.4) is 0 Å². The Balaban J connectivity index is 1.63. The summed E-state index contributed by atoms with van der Waals surface area (Å²) in [5.41, 5.74) is 0. The van der Waals surface area contributed by atoms with Crippen molar-refractivity contribution in [2.75, 3.05) is 6.61 Å². The van der Waals surface area contributed by atoms with Gasteiger partial charge in [0.05, 0.1) is 6.61 Å². The maximum Gasteiger partial charge on any atom is 0.345 e. The monoisotopic (exact) mass is 322 g/mol. The number of fused-ring (bicyclic) bond motifs is 1. The Morgan fingerprint density at radius 3 is 2.33 bits per heavy atom. The van der Waals surface area contributed by atoms with Crippen LogP contribution in [0.15, 0.2) is 72.8 Å². The minimum absolute atomic E-state index is 0.261. The molecular formula is C20H18O4. The van der Waals surface area contributed by atoms with Gasteiger partial charge in [0.25, 0.3) is 0 Å². The topological polar surface area (TPSA) is 55.8 Å². The lowest BCUT2D eigenvalue weighted by molar-refractivity contribution is -0.145. The molecule has 0 saturated heterocycles. The zero-order chi connectivity index (χ0) is 16.8. The van der Waals surface area contributed by atoms with Crippen LogP contribution in [0.25, 0.3) is 10.8 Å². The molecule has 3 rings (SSSR count). The summed E-state index contributed by atoms with van der Waals surface area (Å²) in [6.45, 7) is 0.272. The van der Waals surface area contributed by atoms with Crippen LogP contribution in [0.2, 0.25) is 0 Å². The first-order valence-electron chi connectivity index (χ1n) is 7.78. The van der Waals surface area contributed by atoms with Gasteiger partial charge in [-0.3, -0.25) is 0 Å². The Labute approximate surface area is 140 Å². The molecule has 0 heterocycles. The second kappa shape index (κ2) is 7.51. The van der Waals surface area contributed by atoms with E-state index in [2.05, 4.69) is 0 Å². The highest BCUT2D eigenvalue weighted by Gasteiger charge is 2.19. The number of aliphatic carboxylic acids is 1. The van der Waals surface area contributed by atoms with E-state index in [0.29, 0.717) is 11.5 Å². The third-order valence-electron chi connectivity index (χ3n) is 3.67. The van der Waals surface area contributed by atoms with Crippen molar-refractivity contribution in [1.29, 1.82) is 0 Å². The van der Waals surface area contributed by atoms with Gasteiger partial charge in [-0.2, -0.15) is 0 Å². The van der Waals surface area contributed by atoms with Crippen molar-refractivity contribution in [3.05, 3.63) is 72.8 Å². The first-order valence-corrected chi connectivity index (χ1v) is 7.78.